The van der Waals surface area contributed by atoms with E-state index in [9.17, 15) is 26.4 Å². The molecule has 0 amide bonds. The molecule has 2 aromatic heterocycles. The maximum absolute atomic E-state index is 13.2. The van der Waals surface area contributed by atoms with Crippen LogP contribution < -0.4 is 5.56 Å². The Morgan fingerprint density at radius 3 is 2.32 bits per heavy atom. The zero-order valence-corrected chi connectivity index (χ0v) is 19.6. The summed E-state index contributed by atoms with van der Waals surface area (Å²) in [6.07, 6.45) is -0.0983. The Morgan fingerprint density at radius 2 is 1.71 bits per heavy atom. The average Bonchev–Trinajstić information content (AvgIpc) is 2.83. The first-order chi connectivity index (χ1) is 16.0. The summed E-state index contributed by atoms with van der Waals surface area (Å²) in [7, 11) is -3.87. The zero-order chi connectivity index (χ0) is 24.7. The third kappa shape index (κ3) is 4.45. The van der Waals surface area contributed by atoms with Gasteiger partial charge in [0.1, 0.15) is 4.90 Å². The Balaban J connectivity index is 1.94. The van der Waals surface area contributed by atoms with Gasteiger partial charge in [-0.05, 0) is 42.2 Å². The quantitative estimate of drug-likeness (QED) is 0.356. The summed E-state index contributed by atoms with van der Waals surface area (Å²) in [5, 5.41) is 3.94. The van der Waals surface area contributed by atoms with Crippen molar-refractivity contribution in [3.8, 4) is 16.9 Å². The summed E-state index contributed by atoms with van der Waals surface area (Å²) in [6.45, 7) is 1.45. The molecule has 0 atom stereocenters. The van der Waals surface area contributed by atoms with Crippen LogP contribution in [0.5, 0.6) is 0 Å². The van der Waals surface area contributed by atoms with Crippen LogP contribution >= 0.6 is 11.8 Å². The van der Waals surface area contributed by atoms with Crippen molar-refractivity contribution in [2.45, 2.75) is 22.9 Å². The molecule has 6 nitrogen and oxygen atoms in total. The SMILES string of the molecule is CCS(=O)(=O)c1cc(-c2ccc(SC)cc2)cnc1-n1ncc2ccc(C(F)(F)F)cc2c1=O. The standard InChI is InChI=1S/C23H18F3N3O3S2/c1-3-34(31,32)20-10-16(14-5-8-18(33-2)9-6-14)12-27-21(20)29-22(30)19-11-17(23(24,25)26)7-4-15(19)13-28-29/h4-13H,3H2,1-2H3. The molecule has 4 aromatic rings. The molecule has 0 spiro atoms. The first-order valence-electron chi connectivity index (χ1n) is 10.0. The van der Waals surface area contributed by atoms with Gasteiger partial charge in [0.25, 0.3) is 5.56 Å². The summed E-state index contributed by atoms with van der Waals surface area (Å²) >= 11 is 1.56. The molecule has 176 valence electrons. The van der Waals surface area contributed by atoms with Gasteiger partial charge in [-0.3, -0.25) is 4.79 Å². The Hall–Kier alpha value is -3.18. The highest BCUT2D eigenvalue weighted by atomic mass is 32.2. The molecule has 4 rings (SSSR count). The number of nitrogens with zero attached hydrogens (tertiary/aromatic N) is 3. The number of hydrogen-bond donors (Lipinski definition) is 0. The first kappa shape index (κ1) is 24.0. The number of halogens is 3. The van der Waals surface area contributed by atoms with Crippen LogP contribution in [0.1, 0.15) is 12.5 Å². The molecule has 0 radical (unpaired) electrons. The minimum Gasteiger partial charge on any atom is -0.267 e. The fourth-order valence-corrected chi connectivity index (χ4v) is 4.83. The van der Waals surface area contributed by atoms with Gasteiger partial charge in [-0.25, -0.2) is 13.4 Å². The maximum Gasteiger partial charge on any atom is 0.416 e. The number of thioether (sulfide) groups is 1. The molecule has 2 aromatic carbocycles. The van der Waals surface area contributed by atoms with E-state index < -0.39 is 27.1 Å². The van der Waals surface area contributed by atoms with E-state index in [2.05, 4.69) is 10.1 Å². The van der Waals surface area contributed by atoms with Crippen LogP contribution in [0.3, 0.4) is 0 Å². The largest absolute Gasteiger partial charge is 0.416 e. The van der Waals surface area contributed by atoms with Crippen LogP contribution in [-0.4, -0.2) is 35.2 Å². The van der Waals surface area contributed by atoms with E-state index in [1.165, 1.54) is 25.4 Å². The molecule has 0 aliphatic carbocycles. The molecule has 0 saturated carbocycles. The molecule has 0 aliphatic heterocycles. The predicted octanol–water partition coefficient (Wildman–Crippen LogP) is 4.98. The minimum atomic E-state index is -4.64. The molecule has 0 saturated heterocycles. The van der Waals surface area contributed by atoms with Crippen molar-refractivity contribution in [1.82, 2.24) is 14.8 Å². The van der Waals surface area contributed by atoms with Crippen molar-refractivity contribution in [1.29, 1.82) is 0 Å². The van der Waals surface area contributed by atoms with Gasteiger partial charge in [0.2, 0.25) is 0 Å². The topological polar surface area (TPSA) is 81.9 Å². The van der Waals surface area contributed by atoms with Gasteiger partial charge >= 0.3 is 6.18 Å². The van der Waals surface area contributed by atoms with Gasteiger partial charge in [-0.2, -0.15) is 23.0 Å². The number of fused-ring (bicyclic) bond motifs is 1. The second-order valence-corrected chi connectivity index (χ2v) is 10.5. The normalized spacial score (nSPS) is 12.3. The van der Waals surface area contributed by atoms with E-state index >= 15 is 0 Å². The van der Waals surface area contributed by atoms with Gasteiger partial charge in [-0.15, -0.1) is 11.8 Å². The summed E-state index contributed by atoms with van der Waals surface area (Å²) < 4.78 is 66.1. The highest BCUT2D eigenvalue weighted by Gasteiger charge is 2.31. The molecule has 0 fully saturated rings. The van der Waals surface area contributed by atoms with E-state index in [0.29, 0.717) is 5.56 Å². The lowest BCUT2D eigenvalue weighted by Crippen LogP contribution is -2.25. The molecule has 2 heterocycles. The number of benzene rings is 2. The second-order valence-electron chi connectivity index (χ2n) is 7.34. The molecule has 11 heteroatoms. The second kappa shape index (κ2) is 8.88. The first-order valence-corrected chi connectivity index (χ1v) is 12.9. The van der Waals surface area contributed by atoms with E-state index in [1.807, 2.05) is 30.5 Å². The monoisotopic (exact) mass is 505 g/mol. The molecule has 0 bridgehead atoms. The average molecular weight is 506 g/mol. The van der Waals surface area contributed by atoms with Gasteiger partial charge in [0.15, 0.2) is 15.7 Å². The zero-order valence-electron chi connectivity index (χ0n) is 18.0. The maximum atomic E-state index is 13.2. The van der Waals surface area contributed by atoms with Crippen LogP contribution in [-0.2, 0) is 16.0 Å². The minimum absolute atomic E-state index is 0.194. The fraction of sp³-hybridized carbons (Fsp3) is 0.174. The van der Waals surface area contributed by atoms with Crippen molar-refractivity contribution >= 4 is 32.4 Å². The summed E-state index contributed by atoms with van der Waals surface area (Å²) in [4.78, 5) is 18.1. The third-order valence-electron chi connectivity index (χ3n) is 5.29. The van der Waals surface area contributed by atoms with Crippen molar-refractivity contribution in [2.24, 2.45) is 0 Å². The Kier molecular flexibility index (Phi) is 6.26. The summed E-state index contributed by atoms with van der Waals surface area (Å²) in [5.41, 5.74) is -0.663. The van der Waals surface area contributed by atoms with Crippen LogP contribution in [0.4, 0.5) is 13.2 Å². The van der Waals surface area contributed by atoms with Crippen LogP contribution in [0.15, 0.2) is 75.5 Å². The van der Waals surface area contributed by atoms with Crippen molar-refractivity contribution < 1.29 is 21.6 Å². The van der Waals surface area contributed by atoms with E-state index in [4.69, 9.17) is 0 Å². The van der Waals surface area contributed by atoms with Crippen LogP contribution in [0, 0.1) is 0 Å². The molecule has 0 N–H and O–H groups in total. The molecular formula is C23H18F3N3O3S2. The van der Waals surface area contributed by atoms with Crippen LogP contribution in [0.2, 0.25) is 0 Å². The van der Waals surface area contributed by atoms with Gasteiger partial charge in [0, 0.05) is 22.0 Å². The Bertz CT molecular complexity index is 1550. The van der Waals surface area contributed by atoms with E-state index in [0.717, 1.165) is 33.3 Å². The fourth-order valence-electron chi connectivity index (χ4n) is 3.39. The lowest BCUT2D eigenvalue weighted by atomic mass is 10.1. The highest BCUT2D eigenvalue weighted by Crippen LogP contribution is 2.31. The predicted molar refractivity (Wildman–Crippen MR) is 125 cm³/mol. The summed E-state index contributed by atoms with van der Waals surface area (Å²) in [6, 6.07) is 11.6. The van der Waals surface area contributed by atoms with Gasteiger partial charge in [-0.1, -0.05) is 25.1 Å². The molecule has 34 heavy (non-hydrogen) atoms. The molecule has 0 unspecified atom stereocenters. The number of rotatable bonds is 5. The highest BCUT2D eigenvalue weighted by molar-refractivity contribution is 7.98. The molecular weight excluding hydrogens is 487 g/mol. The van der Waals surface area contributed by atoms with E-state index in [-0.39, 0.29) is 27.2 Å². The van der Waals surface area contributed by atoms with Gasteiger partial charge in [0.05, 0.1) is 22.9 Å². The van der Waals surface area contributed by atoms with Crippen molar-refractivity contribution in [2.75, 3.05) is 12.0 Å². The lowest BCUT2D eigenvalue weighted by Gasteiger charge is -2.13. The third-order valence-corrected chi connectivity index (χ3v) is 7.76. The van der Waals surface area contributed by atoms with E-state index in [1.54, 1.807) is 11.8 Å². The number of pyridine rings is 1. The number of alkyl halides is 3. The number of sulfone groups is 1. The van der Waals surface area contributed by atoms with Gasteiger partial charge < -0.3 is 0 Å². The Labute approximate surface area is 197 Å². The number of aromatic nitrogens is 3. The van der Waals surface area contributed by atoms with Crippen LogP contribution in [0.25, 0.3) is 27.7 Å². The Morgan fingerprint density at radius 1 is 1.00 bits per heavy atom. The molecule has 0 aliphatic rings. The summed E-state index contributed by atoms with van der Waals surface area (Å²) in [5.74, 6) is -0.535. The smallest absolute Gasteiger partial charge is 0.267 e. The van der Waals surface area contributed by atoms with Crippen molar-refractivity contribution in [3.63, 3.8) is 0 Å². The number of hydrogen-bond acceptors (Lipinski definition) is 6. The van der Waals surface area contributed by atoms with Crippen molar-refractivity contribution in [3.05, 3.63) is 76.8 Å². The lowest BCUT2D eigenvalue weighted by molar-refractivity contribution is -0.137.